The van der Waals surface area contributed by atoms with E-state index in [4.69, 9.17) is 0 Å². The molecule has 88 valence electrons. The highest BCUT2D eigenvalue weighted by molar-refractivity contribution is 5.15. The molecule has 1 saturated carbocycles. The van der Waals surface area contributed by atoms with Crippen LogP contribution in [-0.2, 0) is 0 Å². The van der Waals surface area contributed by atoms with Crippen LogP contribution in [0.1, 0.15) is 38.5 Å². The van der Waals surface area contributed by atoms with Crippen molar-refractivity contribution in [2.75, 3.05) is 26.2 Å². The van der Waals surface area contributed by atoms with Gasteiger partial charge in [0.2, 0.25) is 0 Å². The molecular weight excluding hydrogens is 198 g/mol. The SMILES string of the molecule is N#CC1(N2CCCCC2)CCN(C2CC2)C1. The molecule has 2 heterocycles. The molecule has 2 aliphatic heterocycles. The molecule has 16 heavy (non-hydrogen) atoms. The van der Waals surface area contributed by atoms with Crippen LogP contribution in [0.5, 0.6) is 0 Å². The monoisotopic (exact) mass is 219 g/mol. The van der Waals surface area contributed by atoms with E-state index in [0.29, 0.717) is 0 Å². The van der Waals surface area contributed by atoms with Crippen LogP contribution in [0.15, 0.2) is 0 Å². The first-order valence-electron chi connectivity index (χ1n) is 6.74. The predicted molar refractivity (Wildman–Crippen MR) is 63.0 cm³/mol. The summed E-state index contributed by atoms with van der Waals surface area (Å²) in [4.78, 5) is 5.02. The van der Waals surface area contributed by atoms with Gasteiger partial charge in [-0.25, -0.2) is 0 Å². The fourth-order valence-electron chi connectivity index (χ4n) is 3.32. The van der Waals surface area contributed by atoms with E-state index in [2.05, 4.69) is 15.9 Å². The van der Waals surface area contributed by atoms with Gasteiger partial charge in [0.05, 0.1) is 6.07 Å². The quantitative estimate of drug-likeness (QED) is 0.706. The number of rotatable bonds is 2. The maximum atomic E-state index is 9.57. The van der Waals surface area contributed by atoms with Crippen molar-refractivity contribution in [2.24, 2.45) is 0 Å². The molecule has 0 bridgehead atoms. The van der Waals surface area contributed by atoms with Crippen molar-refractivity contribution in [3.05, 3.63) is 0 Å². The van der Waals surface area contributed by atoms with E-state index in [1.807, 2.05) is 0 Å². The molecule has 3 nitrogen and oxygen atoms in total. The first kappa shape index (κ1) is 10.6. The van der Waals surface area contributed by atoms with E-state index in [-0.39, 0.29) is 5.54 Å². The summed E-state index contributed by atoms with van der Waals surface area (Å²) in [7, 11) is 0. The molecule has 3 rings (SSSR count). The number of nitrogens with zero attached hydrogens (tertiary/aromatic N) is 3. The van der Waals surface area contributed by atoms with Crippen molar-refractivity contribution in [3.63, 3.8) is 0 Å². The molecule has 3 heteroatoms. The minimum absolute atomic E-state index is 0.136. The molecule has 3 aliphatic rings. The maximum Gasteiger partial charge on any atom is 0.123 e. The molecule has 0 amide bonds. The Labute approximate surface area is 98.0 Å². The van der Waals surface area contributed by atoms with Crippen molar-refractivity contribution in [1.82, 2.24) is 9.80 Å². The lowest BCUT2D eigenvalue weighted by Gasteiger charge is -2.38. The molecule has 1 atom stereocenters. The van der Waals surface area contributed by atoms with Gasteiger partial charge in [0.15, 0.2) is 0 Å². The van der Waals surface area contributed by atoms with Crippen molar-refractivity contribution in [1.29, 1.82) is 5.26 Å². The van der Waals surface area contributed by atoms with Gasteiger partial charge in [0, 0.05) is 19.1 Å². The van der Waals surface area contributed by atoms with Gasteiger partial charge in [-0.3, -0.25) is 9.80 Å². The molecule has 0 radical (unpaired) electrons. The molecular formula is C13H21N3. The Hall–Kier alpha value is -0.590. The summed E-state index contributed by atoms with van der Waals surface area (Å²) in [6.45, 7) is 4.45. The van der Waals surface area contributed by atoms with Gasteiger partial charge in [-0.1, -0.05) is 6.42 Å². The second-order valence-corrected chi connectivity index (χ2v) is 5.64. The Balaban J connectivity index is 1.70. The van der Waals surface area contributed by atoms with E-state index in [9.17, 15) is 5.26 Å². The smallest absolute Gasteiger partial charge is 0.123 e. The third-order valence-electron chi connectivity index (χ3n) is 4.51. The van der Waals surface area contributed by atoms with Gasteiger partial charge in [-0.05, 0) is 45.2 Å². The molecule has 3 fully saturated rings. The molecule has 1 aliphatic carbocycles. The fraction of sp³-hybridized carbons (Fsp3) is 0.923. The van der Waals surface area contributed by atoms with Gasteiger partial charge < -0.3 is 0 Å². The third kappa shape index (κ3) is 1.74. The molecule has 0 aromatic carbocycles. The summed E-state index contributed by atoms with van der Waals surface area (Å²) >= 11 is 0. The van der Waals surface area contributed by atoms with Crippen LogP contribution in [0.3, 0.4) is 0 Å². The molecule has 0 aromatic rings. The zero-order valence-corrected chi connectivity index (χ0v) is 9.99. The molecule has 2 saturated heterocycles. The number of nitriles is 1. The van der Waals surface area contributed by atoms with E-state index in [1.165, 1.54) is 32.1 Å². The van der Waals surface area contributed by atoms with Crippen molar-refractivity contribution < 1.29 is 0 Å². The Kier molecular flexibility index (Phi) is 2.65. The van der Waals surface area contributed by atoms with Crippen LogP contribution in [0, 0.1) is 11.3 Å². The maximum absolute atomic E-state index is 9.57. The summed E-state index contributed by atoms with van der Waals surface area (Å²) in [6, 6.07) is 3.46. The minimum atomic E-state index is -0.136. The van der Waals surface area contributed by atoms with E-state index >= 15 is 0 Å². The molecule has 1 unspecified atom stereocenters. The number of piperidine rings is 1. The van der Waals surface area contributed by atoms with Crippen LogP contribution in [-0.4, -0.2) is 47.6 Å². The van der Waals surface area contributed by atoms with Crippen LogP contribution < -0.4 is 0 Å². The third-order valence-corrected chi connectivity index (χ3v) is 4.51. The largest absolute Gasteiger partial charge is 0.297 e. The number of hydrogen-bond donors (Lipinski definition) is 0. The lowest BCUT2D eigenvalue weighted by atomic mass is 9.95. The van der Waals surface area contributed by atoms with Gasteiger partial charge in [-0.15, -0.1) is 0 Å². The zero-order valence-electron chi connectivity index (χ0n) is 9.99. The zero-order chi connectivity index (χ0) is 11.0. The first-order chi connectivity index (χ1) is 7.84. The van der Waals surface area contributed by atoms with E-state index < -0.39 is 0 Å². The average molecular weight is 219 g/mol. The van der Waals surface area contributed by atoms with Crippen LogP contribution in [0.2, 0.25) is 0 Å². The summed E-state index contributed by atoms with van der Waals surface area (Å²) in [5.74, 6) is 0. The van der Waals surface area contributed by atoms with E-state index in [1.54, 1.807) is 0 Å². The van der Waals surface area contributed by atoms with Crippen LogP contribution >= 0.6 is 0 Å². The first-order valence-corrected chi connectivity index (χ1v) is 6.74. The van der Waals surface area contributed by atoms with Gasteiger partial charge in [0.25, 0.3) is 0 Å². The van der Waals surface area contributed by atoms with E-state index in [0.717, 1.165) is 38.6 Å². The Bertz CT molecular complexity index is 299. The highest BCUT2D eigenvalue weighted by Gasteiger charge is 2.47. The normalized spacial score (nSPS) is 37.4. The topological polar surface area (TPSA) is 30.3 Å². The number of hydrogen-bond acceptors (Lipinski definition) is 3. The summed E-state index contributed by atoms with van der Waals surface area (Å²) < 4.78 is 0. The standard InChI is InChI=1S/C13H21N3/c14-10-13(16-7-2-1-3-8-16)6-9-15(11-13)12-4-5-12/h12H,1-9,11H2. The molecule has 0 N–H and O–H groups in total. The lowest BCUT2D eigenvalue weighted by molar-refractivity contribution is 0.113. The molecule has 0 spiro atoms. The highest BCUT2D eigenvalue weighted by atomic mass is 15.3. The van der Waals surface area contributed by atoms with Crippen LogP contribution in [0.4, 0.5) is 0 Å². The summed E-state index contributed by atoms with van der Waals surface area (Å²) in [6.07, 6.45) is 7.72. The Morgan fingerprint density at radius 1 is 1.06 bits per heavy atom. The Morgan fingerprint density at radius 3 is 2.44 bits per heavy atom. The van der Waals surface area contributed by atoms with Crippen molar-refractivity contribution >= 4 is 0 Å². The highest BCUT2D eigenvalue weighted by Crippen LogP contribution is 2.36. The Morgan fingerprint density at radius 2 is 1.81 bits per heavy atom. The van der Waals surface area contributed by atoms with Crippen LogP contribution in [0.25, 0.3) is 0 Å². The van der Waals surface area contributed by atoms with Crippen molar-refractivity contribution in [3.8, 4) is 6.07 Å². The summed E-state index contributed by atoms with van der Waals surface area (Å²) in [5.41, 5.74) is -0.136. The molecule has 0 aromatic heterocycles. The van der Waals surface area contributed by atoms with Gasteiger partial charge >= 0.3 is 0 Å². The van der Waals surface area contributed by atoms with Gasteiger partial charge in [-0.2, -0.15) is 5.26 Å². The average Bonchev–Trinajstić information content (AvgIpc) is 3.11. The summed E-state index contributed by atoms with van der Waals surface area (Å²) in [5, 5.41) is 9.57. The predicted octanol–water partition coefficient (Wildman–Crippen LogP) is 1.60. The van der Waals surface area contributed by atoms with Crippen molar-refractivity contribution in [2.45, 2.75) is 50.1 Å². The lowest BCUT2D eigenvalue weighted by Crippen LogP contribution is -2.51. The van der Waals surface area contributed by atoms with Gasteiger partial charge in [0.1, 0.15) is 5.54 Å². The second kappa shape index (κ2) is 4.01. The second-order valence-electron chi connectivity index (χ2n) is 5.64. The minimum Gasteiger partial charge on any atom is -0.297 e. The number of likely N-dealkylation sites (tertiary alicyclic amines) is 2. The fourth-order valence-corrected chi connectivity index (χ4v) is 3.32.